The average Bonchev–Trinajstić information content (AvgIpc) is 2.55. The molecule has 1 aliphatic heterocycles. The molecular weight excluding hydrogens is 284 g/mol. The summed E-state index contributed by atoms with van der Waals surface area (Å²) in [5, 5.41) is 2.84. The third-order valence-electron chi connectivity index (χ3n) is 4.46. The molecule has 1 saturated heterocycles. The molecule has 1 saturated carbocycles. The Morgan fingerprint density at radius 1 is 1.09 bits per heavy atom. The Kier molecular flexibility index (Phi) is 6.21. The van der Waals surface area contributed by atoms with Crippen molar-refractivity contribution in [1.29, 1.82) is 0 Å². The molecule has 0 aromatic carbocycles. The zero-order valence-electron chi connectivity index (χ0n) is 13.3. The summed E-state index contributed by atoms with van der Waals surface area (Å²) in [5.41, 5.74) is 0. The van der Waals surface area contributed by atoms with Gasteiger partial charge in [0.05, 0.1) is 12.5 Å². The molecule has 1 unspecified atom stereocenters. The molecule has 0 spiro atoms. The molecular formula is C16H26N2O4. The molecule has 1 aliphatic carbocycles. The highest BCUT2D eigenvalue weighted by atomic mass is 16.5. The van der Waals surface area contributed by atoms with E-state index >= 15 is 0 Å². The van der Waals surface area contributed by atoms with Crippen LogP contribution in [0.4, 0.5) is 0 Å². The summed E-state index contributed by atoms with van der Waals surface area (Å²) in [7, 11) is 0. The van der Waals surface area contributed by atoms with E-state index in [2.05, 4.69) is 5.32 Å². The minimum atomic E-state index is -0.531. The first-order valence-electron chi connectivity index (χ1n) is 8.38. The van der Waals surface area contributed by atoms with E-state index in [-0.39, 0.29) is 24.5 Å². The van der Waals surface area contributed by atoms with Crippen molar-refractivity contribution in [2.24, 2.45) is 5.92 Å². The van der Waals surface area contributed by atoms with Gasteiger partial charge in [-0.3, -0.25) is 14.4 Å². The maximum Gasteiger partial charge on any atom is 0.311 e. The summed E-state index contributed by atoms with van der Waals surface area (Å²) >= 11 is 0. The SMILES string of the molecule is CCOC(=O)C1CCCN(C(=O)C(=O)NC2CCCCC2)C1. The van der Waals surface area contributed by atoms with Crippen LogP contribution in [-0.4, -0.2) is 48.4 Å². The van der Waals surface area contributed by atoms with Crippen LogP contribution < -0.4 is 5.32 Å². The molecule has 1 atom stereocenters. The molecule has 0 aromatic rings. The van der Waals surface area contributed by atoms with Gasteiger partial charge in [0.15, 0.2) is 0 Å². The first kappa shape index (κ1) is 16.8. The Labute approximate surface area is 131 Å². The lowest BCUT2D eigenvalue weighted by Crippen LogP contribution is -2.50. The first-order valence-corrected chi connectivity index (χ1v) is 8.38. The second kappa shape index (κ2) is 8.15. The molecule has 6 heteroatoms. The maximum absolute atomic E-state index is 12.3. The molecule has 2 aliphatic rings. The quantitative estimate of drug-likeness (QED) is 0.628. The van der Waals surface area contributed by atoms with Gasteiger partial charge in [0.1, 0.15) is 0 Å². The van der Waals surface area contributed by atoms with Crippen LogP contribution in [0.3, 0.4) is 0 Å². The van der Waals surface area contributed by atoms with Crippen LogP contribution in [0.15, 0.2) is 0 Å². The van der Waals surface area contributed by atoms with Crippen molar-refractivity contribution in [3.8, 4) is 0 Å². The number of rotatable bonds is 3. The summed E-state index contributed by atoms with van der Waals surface area (Å²) in [6, 6.07) is 0.121. The van der Waals surface area contributed by atoms with Gasteiger partial charge in [-0.1, -0.05) is 19.3 Å². The minimum Gasteiger partial charge on any atom is -0.466 e. The third kappa shape index (κ3) is 4.45. The van der Waals surface area contributed by atoms with E-state index in [1.165, 1.54) is 11.3 Å². The lowest BCUT2D eigenvalue weighted by Gasteiger charge is -2.31. The number of likely N-dealkylation sites (tertiary alicyclic amines) is 1. The van der Waals surface area contributed by atoms with Crippen LogP contribution in [0, 0.1) is 5.92 Å². The number of carbonyl (C=O) groups excluding carboxylic acids is 3. The summed E-state index contributed by atoms with van der Waals surface area (Å²) in [6.45, 7) is 2.93. The molecule has 0 bridgehead atoms. The molecule has 1 N–H and O–H groups in total. The number of hydrogen-bond donors (Lipinski definition) is 1. The second-order valence-corrected chi connectivity index (χ2v) is 6.15. The largest absolute Gasteiger partial charge is 0.466 e. The predicted molar refractivity (Wildman–Crippen MR) is 81.0 cm³/mol. The fourth-order valence-corrected chi connectivity index (χ4v) is 3.25. The van der Waals surface area contributed by atoms with Crippen molar-refractivity contribution in [3.63, 3.8) is 0 Å². The topological polar surface area (TPSA) is 75.7 Å². The van der Waals surface area contributed by atoms with Gasteiger partial charge in [-0.15, -0.1) is 0 Å². The van der Waals surface area contributed by atoms with Crippen molar-refractivity contribution in [2.45, 2.75) is 57.9 Å². The van der Waals surface area contributed by atoms with Gasteiger partial charge in [-0.05, 0) is 32.6 Å². The number of piperidine rings is 1. The molecule has 6 nitrogen and oxygen atoms in total. The second-order valence-electron chi connectivity index (χ2n) is 6.15. The van der Waals surface area contributed by atoms with Crippen molar-refractivity contribution < 1.29 is 19.1 Å². The van der Waals surface area contributed by atoms with Crippen LogP contribution in [0.2, 0.25) is 0 Å². The highest BCUT2D eigenvalue weighted by Crippen LogP contribution is 2.19. The van der Waals surface area contributed by atoms with E-state index in [1.54, 1.807) is 6.92 Å². The monoisotopic (exact) mass is 310 g/mol. The average molecular weight is 310 g/mol. The number of nitrogens with zero attached hydrogens (tertiary/aromatic N) is 1. The van der Waals surface area contributed by atoms with Gasteiger partial charge in [-0.2, -0.15) is 0 Å². The van der Waals surface area contributed by atoms with Crippen molar-refractivity contribution in [2.75, 3.05) is 19.7 Å². The molecule has 1 heterocycles. The number of esters is 1. The summed E-state index contributed by atoms with van der Waals surface area (Å²) in [6.07, 6.45) is 6.75. The molecule has 0 aromatic heterocycles. The van der Waals surface area contributed by atoms with Crippen LogP contribution in [-0.2, 0) is 19.1 Å². The van der Waals surface area contributed by atoms with Gasteiger partial charge in [0.25, 0.3) is 0 Å². The molecule has 2 fully saturated rings. The molecule has 22 heavy (non-hydrogen) atoms. The number of amides is 2. The number of hydrogen-bond acceptors (Lipinski definition) is 4. The fourth-order valence-electron chi connectivity index (χ4n) is 3.25. The fraction of sp³-hybridized carbons (Fsp3) is 0.812. The Bertz CT molecular complexity index is 418. The smallest absolute Gasteiger partial charge is 0.311 e. The summed E-state index contributed by atoms with van der Waals surface area (Å²) in [4.78, 5) is 37.6. The lowest BCUT2D eigenvalue weighted by atomic mass is 9.95. The Balaban J connectivity index is 1.85. The number of ether oxygens (including phenoxy) is 1. The van der Waals surface area contributed by atoms with Crippen LogP contribution >= 0.6 is 0 Å². The van der Waals surface area contributed by atoms with E-state index in [0.29, 0.717) is 19.6 Å². The van der Waals surface area contributed by atoms with E-state index in [4.69, 9.17) is 4.74 Å². The Morgan fingerprint density at radius 3 is 2.50 bits per heavy atom. The van der Waals surface area contributed by atoms with Gasteiger partial charge in [-0.25, -0.2) is 0 Å². The van der Waals surface area contributed by atoms with Crippen molar-refractivity contribution in [3.05, 3.63) is 0 Å². The lowest BCUT2D eigenvalue weighted by molar-refractivity contribution is -0.154. The molecule has 2 rings (SSSR count). The normalized spacial score (nSPS) is 23.0. The highest BCUT2D eigenvalue weighted by molar-refractivity contribution is 6.35. The van der Waals surface area contributed by atoms with E-state index in [0.717, 1.165) is 32.1 Å². The standard InChI is InChI=1S/C16H26N2O4/c1-2-22-16(21)12-7-6-10-18(11-12)15(20)14(19)17-13-8-4-3-5-9-13/h12-13H,2-11H2,1H3,(H,17,19). The van der Waals surface area contributed by atoms with Gasteiger partial charge in [0, 0.05) is 19.1 Å². The Morgan fingerprint density at radius 2 is 1.82 bits per heavy atom. The first-order chi connectivity index (χ1) is 10.6. The van der Waals surface area contributed by atoms with Crippen LogP contribution in [0.25, 0.3) is 0 Å². The summed E-state index contributed by atoms with van der Waals surface area (Å²) in [5.74, 6) is -1.62. The van der Waals surface area contributed by atoms with Crippen LogP contribution in [0.1, 0.15) is 51.9 Å². The zero-order chi connectivity index (χ0) is 15.9. The van der Waals surface area contributed by atoms with E-state index < -0.39 is 11.8 Å². The molecule has 124 valence electrons. The number of carbonyl (C=O) groups is 3. The Hall–Kier alpha value is -1.59. The van der Waals surface area contributed by atoms with Gasteiger partial charge in [0.2, 0.25) is 0 Å². The van der Waals surface area contributed by atoms with E-state index in [1.807, 2.05) is 0 Å². The van der Waals surface area contributed by atoms with E-state index in [9.17, 15) is 14.4 Å². The highest BCUT2D eigenvalue weighted by Gasteiger charge is 2.32. The maximum atomic E-state index is 12.3. The number of nitrogens with one attached hydrogen (secondary N) is 1. The predicted octanol–water partition coefficient (Wildman–Crippen LogP) is 1.24. The third-order valence-corrected chi connectivity index (χ3v) is 4.46. The van der Waals surface area contributed by atoms with Gasteiger partial charge >= 0.3 is 17.8 Å². The van der Waals surface area contributed by atoms with Gasteiger partial charge < -0.3 is 15.0 Å². The van der Waals surface area contributed by atoms with Crippen LogP contribution in [0.5, 0.6) is 0 Å². The van der Waals surface area contributed by atoms with Crippen molar-refractivity contribution >= 4 is 17.8 Å². The zero-order valence-corrected chi connectivity index (χ0v) is 13.3. The molecule has 2 amide bonds. The molecule has 0 radical (unpaired) electrons. The minimum absolute atomic E-state index is 0.121. The summed E-state index contributed by atoms with van der Waals surface area (Å²) < 4.78 is 5.01. The van der Waals surface area contributed by atoms with Crippen molar-refractivity contribution in [1.82, 2.24) is 10.2 Å².